The van der Waals surface area contributed by atoms with E-state index in [-0.39, 0.29) is 11.3 Å². The summed E-state index contributed by atoms with van der Waals surface area (Å²) in [5.41, 5.74) is 5.75. The van der Waals surface area contributed by atoms with E-state index in [1.807, 2.05) is 0 Å². The van der Waals surface area contributed by atoms with Gasteiger partial charge in [0.1, 0.15) is 10.3 Å². The first-order valence-corrected chi connectivity index (χ1v) is 6.46. The molecule has 0 bridgehead atoms. The van der Waals surface area contributed by atoms with Crippen LogP contribution in [-0.2, 0) is 6.18 Å². The molecule has 0 radical (unpaired) electrons. The van der Waals surface area contributed by atoms with E-state index in [0.29, 0.717) is 15.5 Å². The highest BCUT2D eigenvalue weighted by Crippen LogP contribution is 2.37. The Kier molecular flexibility index (Phi) is 2.86. The Morgan fingerprint density at radius 3 is 2.50 bits per heavy atom. The van der Waals surface area contributed by atoms with Crippen LogP contribution >= 0.6 is 11.3 Å². The smallest absolute Gasteiger partial charge is 0.375 e. The van der Waals surface area contributed by atoms with Crippen LogP contribution in [0, 0.1) is 0 Å². The monoisotopic (exact) mass is 295 g/mol. The molecule has 3 aromatic rings. The Morgan fingerprint density at radius 1 is 1.00 bits per heavy atom. The zero-order valence-electron chi connectivity index (χ0n) is 9.98. The number of hydrogen-bond acceptors (Lipinski definition) is 4. The van der Waals surface area contributed by atoms with Gasteiger partial charge in [-0.3, -0.25) is 0 Å². The zero-order valence-corrected chi connectivity index (χ0v) is 10.8. The number of pyridine rings is 1. The first-order valence-electron chi connectivity index (χ1n) is 5.65. The highest BCUT2D eigenvalue weighted by atomic mass is 32.1. The van der Waals surface area contributed by atoms with Crippen molar-refractivity contribution in [3.05, 3.63) is 42.0 Å². The van der Waals surface area contributed by atoms with Crippen LogP contribution in [0.15, 0.2) is 36.4 Å². The zero-order chi connectivity index (χ0) is 14.3. The van der Waals surface area contributed by atoms with E-state index < -0.39 is 11.7 Å². The molecule has 0 aliphatic heterocycles. The van der Waals surface area contributed by atoms with E-state index in [0.717, 1.165) is 17.4 Å². The van der Waals surface area contributed by atoms with Crippen molar-refractivity contribution in [2.24, 2.45) is 0 Å². The lowest BCUT2D eigenvalue weighted by Gasteiger charge is -2.11. The summed E-state index contributed by atoms with van der Waals surface area (Å²) in [5.74, 6) is 0. The van der Waals surface area contributed by atoms with Crippen molar-refractivity contribution in [1.29, 1.82) is 0 Å². The third-order valence-electron chi connectivity index (χ3n) is 2.78. The van der Waals surface area contributed by atoms with Gasteiger partial charge >= 0.3 is 6.18 Å². The first-order chi connectivity index (χ1) is 9.45. The van der Waals surface area contributed by atoms with Crippen molar-refractivity contribution in [2.75, 3.05) is 5.73 Å². The van der Waals surface area contributed by atoms with E-state index in [2.05, 4.69) is 9.97 Å². The third-order valence-corrected chi connectivity index (χ3v) is 3.57. The van der Waals surface area contributed by atoms with Crippen LogP contribution in [0.4, 0.5) is 18.3 Å². The van der Waals surface area contributed by atoms with Crippen molar-refractivity contribution in [1.82, 2.24) is 9.97 Å². The van der Waals surface area contributed by atoms with Crippen molar-refractivity contribution >= 4 is 26.8 Å². The Bertz CT molecular complexity index is 780. The maximum Gasteiger partial charge on any atom is 0.417 e. The maximum atomic E-state index is 13.0. The fourth-order valence-electron chi connectivity index (χ4n) is 1.94. The highest BCUT2D eigenvalue weighted by Gasteiger charge is 2.33. The lowest BCUT2D eigenvalue weighted by atomic mass is 10.0. The molecule has 20 heavy (non-hydrogen) atoms. The molecule has 0 saturated carbocycles. The van der Waals surface area contributed by atoms with E-state index in [1.54, 1.807) is 12.1 Å². The van der Waals surface area contributed by atoms with Crippen LogP contribution in [-0.4, -0.2) is 9.97 Å². The number of rotatable bonds is 1. The Morgan fingerprint density at radius 2 is 1.75 bits per heavy atom. The number of hydrogen-bond donors (Lipinski definition) is 1. The van der Waals surface area contributed by atoms with E-state index >= 15 is 0 Å². The van der Waals surface area contributed by atoms with Gasteiger partial charge in [0.2, 0.25) is 0 Å². The molecule has 0 unspecified atom stereocenters. The van der Waals surface area contributed by atoms with Crippen molar-refractivity contribution in [2.45, 2.75) is 6.18 Å². The molecule has 2 heterocycles. The summed E-state index contributed by atoms with van der Waals surface area (Å²) in [6.45, 7) is 0. The summed E-state index contributed by atoms with van der Waals surface area (Å²) >= 11 is 1.15. The molecule has 0 aliphatic carbocycles. The molecule has 0 atom stereocenters. The molecule has 0 fully saturated rings. The summed E-state index contributed by atoms with van der Waals surface area (Å²) in [7, 11) is 0. The average molecular weight is 295 g/mol. The number of halogens is 3. The predicted octanol–water partition coefficient (Wildman–Crippen LogP) is 3.96. The van der Waals surface area contributed by atoms with Crippen LogP contribution < -0.4 is 5.73 Å². The molecule has 1 aromatic carbocycles. The van der Waals surface area contributed by atoms with Crippen molar-refractivity contribution in [3.63, 3.8) is 0 Å². The second-order valence-electron chi connectivity index (χ2n) is 4.12. The van der Waals surface area contributed by atoms with E-state index in [4.69, 9.17) is 5.73 Å². The van der Waals surface area contributed by atoms with Crippen molar-refractivity contribution < 1.29 is 13.2 Å². The van der Waals surface area contributed by atoms with Gasteiger partial charge in [-0.15, -0.1) is 0 Å². The molecule has 0 spiro atoms. The second kappa shape index (κ2) is 4.45. The molecule has 2 aromatic heterocycles. The number of fused-ring (bicyclic) bond motifs is 1. The molecular weight excluding hydrogens is 287 g/mol. The van der Waals surface area contributed by atoms with Gasteiger partial charge < -0.3 is 5.73 Å². The minimum Gasteiger partial charge on any atom is -0.375 e. The number of benzene rings is 1. The predicted molar refractivity (Wildman–Crippen MR) is 72.3 cm³/mol. The normalized spacial score (nSPS) is 11.9. The third kappa shape index (κ3) is 2.20. The fourth-order valence-corrected chi connectivity index (χ4v) is 2.64. The van der Waals surface area contributed by atoms with Gasteiger partial charge in [0.05, 0.1) is 11.3 Å². The fraction of sp³-hybridized carbons (Fsp3) is 0.0769. The highest BCUT2D eigenvalue weighted by molar-refractivity contribution is 7.21. The molecule has 3 rings (SSSR count). The van der Waals surface area contributed by atoms with Crippen molar-refractivity contribution in [3.8, 4) is 11.3 Å². The van der Waals surface area contributed by atoms with E-state index in [1.165, 1.54) is 18.2 Å². The van der Waals surface area contributed by atoms with Gasteiger partial charge in [0.15, 0.2) is 5.13 Å². The van der Waals surface area contributed by atoms with Crippen LogP contribution in [0.25, 0.3) is 21.6 Å². The van der Waals surface area contributed by atoms with Crippen LogP contribution in [0.2, 0.25) is 0 Å². The molecule has 102 valence electrons. The summed E-state index contributed by atoms with van der Waals surface area (Å²) < 4.78 is 39.0. The minimum absolute atomic E-state index is 0.0499. The molecule has 0 aliphatic rings. The van der Waals surface area contributed by atoms with Gasteiger partial charge in [-0.2, -0.15) is 13.2 Å². The van der Waals surface area contributed by atoms with Gasteiger partial charge in [-0.25, -0.2) is 9.97 Å². The second-order valence-corrected chi connectivity index (χ2v) is 5.13. The topological polar surface area (TPSA) is 51.8 Å². The largest absolute Gasteiger partial charge is 0.417 e. The van der Waals surface area contributed by atoms with Gasteiger partial charge in [-0.1, -0.05) is 29.5 Å². The molecule has 3 nitrogen and oxygen atoms in total. The maximum absolute atomic E-state index is 13.0. The Hall–Kier alpha value is -2.15. The van der Waals surface area contributed by atoms with Gasteiger partial charge in [0, 0.05) is 5.56 Å². The molecule has 0 amide bonds. The van der Waals surface area contributed by atoms with Gasteiger partial charge in [-0.05, 0) is 18.2 Å². The molecule has 7 heteroatoms. The van der Waals surface area contributed by atoms with Crippen LogP contribution in [0.5, 0.6) is 0 Å². The number of aromatic nitrogens is 2. The molecule has 2 N–H and O–H groups in total. The summed E-state index contributed by atoms with van der Waals surface area (Å²) in [4.78, 5) is 8.77. The number of anilines is 1. The quantitative estimate of drug-likeness (QED) is 0.739. The Balaban J connectivity index is 2.20. The minimum atomic E-state index is -4.42. The Labute approximate surface area is 115 Å². The van der Waals surface area contributed by atoms with Crippen LogP contribution in [0.1, 0.15) is 5.56 Å². The lowest BCUT2D eigenvalue weighted by Crippen LogP contribution is -2.07. The summed E-state index contributed by atoms with van der Waals surface area (Å²) in [6.07, 6.45) is -4.42. The number of thiazole rings is 1. The SMILES string of the molecule is Nc1nc2ccc(-c3ccccc3C(F)(F)F)nc2s1. The molecular formula is C13H8F3N3S. The standard InChI is InChI=1S/C13H8F3N3S/c14-13(15,16)8-4-2-1-3-7(8)9-5-6-10-11(18-9)20-12(17)19-10/h1-6H,(H2,17,19). The number of alkyl halides is 3. The number of nitrogens with zero attached hydrogens (tertiary/aromatic N) is 2. The molecule has 0 saturated heterocycles. The first kappa shape index (κ1) is 12.9. The average Bonchev–Trinajstić information content (AvgIpc) is 2.76. The summed E-state index contributed by atoms with van der Waals surface area (Å²) in [6, 6.07) is 8.50. The van der Waals surface area contributed by atoms with E-state index in [9.17, 15) is 13.2 Å². The number of nitrogen functional groups attached to an aromatic ring is 1. The van der Waals surface area contributed by atoms with Gasteiger partial charge in [0.25, 0.3) is 0 Å². The summed E-state index contributed by atoms with van der Waals surface area (Å²) in [5, 5.41) is 0.341. The lowest BCUT2D eigenvalue weighted by molar-refractivity contribution is -0.137. The number of nitrogens with two attached hydrogens (primary N) is 1. The van der Waals surface area contributed by atoms with Crippen LogP contribution in [0.3, 0.4) is 0 Å².